The van der Waals surface area contributed by atoms with E-state index in [1.807, 2.05) is 6.92 Å². The first-order valence-corrected chi connectivity index (χ1v) is 4.35. The van der Waals surface area contributed by atoms with Crippen LogP contribution < -0.4 is 5.32 Å². The number of carbonyl (C=O) groups excluding carboxylic acids is 1. The van der Waals surface area contributed by atoms with Gasteiger partial charge in [0, 0.05) is 7.05 Å². The van der Waals surface area contributed by atoms with E-state index in [-0.39, 0.29) is 11.2 Å². The van der Waals surface area contributed by atoms with Gasteiger partial charge in [-0.2, -0.15) is 5.10 Å². The Hall–Kier alpha value is -1.04. The van der Waals surface area contributed by atoms with Crippen molar-refractivity contribution in [2.75, 3.05) is 7.05 Å². The van der Waals surface area contributed by atoms with Crippen molar-refractivity contribution in [2.45, 2.75) is 17.3 Å². The molecule has 12 heavy (non-hydrogen) atoms. The molecule has 1 amide bonds. The van der Waals surface area contributed by atoms with Gasteiger partial charge in [0.1, 0.15) is 6.33 Å². The summed E-state index contributed by atoms with van der Waals surface area (Å²) in [7, 11) is 1.61. The highest BCUT2D eigenvalue weighted by Crippen LogP contribution is 2.17. The fourth-order valence-corrected chi connectivity index (χ4v) is 1.45. The average Bonchev–Trinajstić information content (AvgIpc) is 2.55. The predicted molar refractivity (Wildman–Crippen MR) is 45.8 cm³/mol. The number of hydrogen-bond acceptors (Lipinski definition) is 4. The van der Waals surface area contributed by atoms with Crippen LogP contribution in [0.3, 0.4) is 0 Å². The summed E-state index contributed by atoms with van der Waals surface area (Å²) in [5.74, 6) is -0.0172. The van der Waals surface area contributed by atoms with Crippen LogP contribution in [0.5, 0.6) is 0 Å². The van der Waals surface area contributed by atoms with Crippen molar-refractivity contribution in [3.05, 3.63) is 6.33 Å². The van der Waals surface area contributed by atoms with E-state index in [0.29, 0.717) is 5.16 Å². The van der Waals surface area contributed by atoms with Gasteiger partial charge in [0.2, 0.25) is 5.91 Å². The van der Waals surface area contributed by atoms with Crippen LogP contribution in [0.1, 0.15) is 6.92 Å². The molecule has 1 rings (SSSR count). The smallest absolute Gasteiger partial charge is 0.233 e. The van der Waals surface area contributed by atoms with Crippen LogP contribution in [-0.2, 0) is 4.79 Å². The monoisotopic (exact) mass is 186 g/mol. The van der Waals surface area contributed by atoms with Crippen LogP contribution in [0.4, 0.5) is 0 Å². The van der Waals surface area contributed by atoms with Gasteiger partial charge in [-0.05, 0) is 6.92 Å². The van der Waals surface area contributed by atoms with Gasteiger partial charge < -0.3 is 5.32 Å². The first-order valence-electron chi connectivity index (χ1n) is 3.47. The normalized spacial score (nSPS) is 12.5. The van der Waals surface area contributed by atoms with Crippen LogP contribution >= 0.6 is 11.8 Å². The fraction of sp³-hybridized carbons (Fsp3) is 0.500. The Morgan fingerprint density at radius 2 is 2.58 bits per heavy atom. The molecule has 1 atom stereocenters. The number of aromatic nitrogens is 3. The highest BCUT2D eigenvalue weighted by molar-refractivity contribution is 8.00. The molecule has 0 radical (unpaired) electrons. The van der Waals surface area contributed by atoms with Gasteiger partial charge in [0.15, 0.2) is 5.16 Å². The lowest BCUT2D eigenvalue weighted by Gasteiger charge is -2.05. The lowest BCUT2D eigenvalue weighted by molar-refractivity contribution is -0.119. The van der Waals surface area contributed by atoms with Gasteiger partial charge in [0.25, 0.3) is 0 Å². The van der Waals surface area contributed by atoms with Crippen molar-refractivity contribution >= 4 is 17.7 Å². The molecule has 0 aliphatic carbocycles. The molecule has 1 heterocycles. The lowest BCUT2D eigenvalue weighted by atomic mass is 10.4. The molecule has 0 aliphatic heterocycles. The molecular weight excluding hydrogens is 176 g/mol. The van der Waals surface area contributed by atoms with Crippen LogP contribution in [-0.4, -0.2) is 33.4 Å². The maximum absolute atomic E-state index is 11.0. The second-order valence-electron chi connectivity index (χ2n) is 2.16. The zero-order valence-electron chi connectivity index (χ0n) is 6.87. The number of carbonyl (C=O) groups is 1. The standard InChI is InChI=1S/C6H10N4OS/c1-4(5(11)7-2)12-6-8-3-9-10-6/h3-4H,1-2H3,(H,7,11)(H,8,9,10). The Morgan fingerprint density at radius 1 is 1.83 bits per heavy atom. The van der Waals surface area contributed by atoms with E-state index in [1.54, 1.807) is 7.05 Å². The molecule has 0 bridgehead atoms. The van der Waals surface area contributed by atoms with E-state index >= 15 is 0 Å². The maximum Gasteiger partial charge on any atom is 0.233 e. The summed E-state index contributed by atoms with van der Waals surface area (Å²) in [6.45, 7) is 1.81. The van der Waals surface area contributed by atoms with Gasteiger partial charge >= 0.3 is 0 Å². The SMILES string of the molecule is CNC(=O)C(C)Sc1ncn[nH]1. The van der Waals surface area contributed by atoms with E-state index < -0.39 is 0 Å². The second kappa shape index (κ2) is 4.10. The van der Waals surface area contributed by atoms with Crippen LogP contribution in [0.25, 0.3) is 0 Å². The molecular formula is C6H10N4OS. The second-order valence-corrected chi connectivity index (χ2v) is 3.49. The van der Waals surface area contributed by atoms with Gasteiger partial charge in [-0.25, -0.2) is 4.98 Å². The minimum atomic E-state index is -0.150. The first-order chi connectivity index (χ1) is 5.74. The molecule has 1 aromatic heterocycles. The zero-order chi connectivity index (χ0) is 8.97. The lowest BCUT2D eigenvalue weighted by Crippen LogP contribution is -2.27. The molecule has 66 valence electrons. The summed E-state index contributed by atoms with van der Waals surface area (Å²) in [5, 5.41) is 9.40. The van der Waals surface area contributed by atoms with E-state index in [0.717, 1.165) is 0 Å². The number of aromatic amines is 1. The van der Waals surface area contributed by atoms with Gasteiger partial charge in [-0.3, -0.25) is 9.89 Å². The molecule has 0 saturated heterocycles. The maximum atomic E-state index is 11.0. The molecule has 0 fully saturated rings. The number of nitrogens with zero attached hydrogens (tertiary/aromatic N) is 2. The van der Waals surface area contributed by atoms with E-state index in [1.165, 1.54) is 18.1 Å². The average molecular weight is 186 g/mol. The number of amides is 1. The molecule has 0 saturated carbocycles. The number of H-pyrrole nitrogens is 1. The predicted octanol–water partition coefficient (Wildman–Crippen LogP) is 0.0313. The van der Waals surface area contributed by atoms with Gasteiger partial charge in [-0.1, -0.05) is 11.8 Å². The van der Waals surface area contributed by atoms with Crippen molar-refractivity contribution in [2.24, 2.45) is 0 Å². The van der Waals surface area contributed by atoms with Crippen LogP contribution in [0.2, 0.25) is 0 Å². The summed E-state index contributed by atoms with van der Waals surface area (Å²) in [4.78, 5) is 14.9. The third-order valence-electron chi connectivity index (χ3n) is 1.30. The number of thioether (sulfide) groups is 1. The van der Waals surface area contributed by atoms with Gasteiger partial charge in [-0.15, -0.1) is 0 Å². The quantitative estimate of drug-likeness (QED) is 0.653. The Balaban J connectivity index is 2.47. The third-order valence-corrected chi connectivity index (χ3v) is 2.28. The highest BCUT2D eigenvalue weighted by atomic mass is 32.2. The largest absolute Gasteiger partial charge is 0.358 e. The fourth-order valence-electron chi connectivity index (χ4n) is 0.675. The summed E-state index contributed by atoms with van der Waals surface area (Å²) in [5.41, 5.74) is 0. The van der Waals surface area contributed by atoms with Crippen molar-refractivity contribution in [3.8, 4) is 0 Å². The Bertz CT molecular complexity index is 248. The molecule has 2 N–H and O–H groups in total. The first kappa shape index (κ1) is 9.05. The van der Waals surface area contributed by atoms with Gasteiger partial charge in [0.05, 0.1) is 5.25 Å². The van der Waals surface area contributed by atoms with Crippen molar-refractivity contribution in [1.82, 2.24) is 20.5 Å². The molecule has 0 spiro atoms. The minimum Gasteiger partial charge on any atom is -0.358 e. The zero-order valence-corrected chi connectivity index (χ0v) is 7.68. The summed E-state index contributed by atoms with van der Waals surface area (Å²) < 4.78 is 0. The van der Waals surface area contributed by atoms with Crippen LogP contribution in [0.15, 0.2) is 11.5 Å². The third kappa shape index (κ3) is 2.23. The Kier molecular flexibility index (Phi) is 3.09. The molecule has 0 aliphatic rings. The molecule has 0 aromatic carbocycles. The van der Waals surface area contributed by atoms with Crippen molar-refractivity contribution in [3.63, 3.8) is 0 Å². The van der Waals surface area contributed by atoms with E-state index in [4.69, 9.17) is 0 Å². The van der Waals surface area contributed by atoms with E-state index in [2.05, 4.69) is 20.5 Å². The minimum absolute atomic E-state index is 0.0172. The van der Waals surface area contributed by atoms with Crippen molar-refractivity contribution in [1.29, 1.82) is 0 Å². The highest BCUT2D eigenvalue weighted by Gasteiger charge is 2.13. The topological polar surface area (TPSA) is 70.7 Å². The van der Waals surface area contributed by atoms with Crippen molar-refractivity contribution < 1.29 is 4.79 Å². The summed E-state index contributed by atoms with van der Waals surface area (Å²) in [6.07, 6.45) is 1.42. The molecule has 5 nitrogen and oxygen atoms in total. The molecule has 1 aromatic rings. The summed E-state index contributed by atoms with van der Waals surface area (Å²) >= 11 is 1.34. The van der Waals surface area contributed by atoms with E-state index in [9.17, 15) is 4.79 Å². The number of hydrogen-bond donors (Lipinski definition) is 2. The Morgan fingerprint density at radius 3 is 3.08 bits per heavy atom. The Labute approximate surface area is 74.3 Å². The number of nitrogens with one attached hydrogen (secondary N) is 2. The van der Waals surface area contributed by atoms with Crippen LogP contribution in [0, 0.1) is 0 Å². The molecule has 1 unspecified atom stereocenters. The molecule has 6 heteroatoms. The number of rotatable bonds is 3. The summed E-state index contributed by atoms with van der Waals surface area (Å²) in [6, 6.07) is 0.